The third-order valence-corrected chi connectivity index (χ3v) is 5.73. The summed E-state index contributed by atoms with van der Waals surface area (Å²) < 4.78 is 11.1. The first kappa shape index (κ1) is 23.4. The van der Waals surface area contributed by atoms with Crippen molar-refractivity contribution in [3.8, 4) is 11.5 Å². The molecule has 1 heterocycles. The van der Waals surface area contributed by atoms with Gasteiger partial charge in [0.25, 0.3) is 11.7 Å². The van der Waals surface area contributed by atoms with Crippen LogP contribution in [0.3, 0.4) is 0 Å². The summed E-state index contributed by atoms with van der Waals surface area (Å²) in [5, 5.41) is 11.7. The van der Waals surface area contributed by atoms with Gasteiger partial charge >= 0.3 is 0 Å². The highest BCUT2D eigenvalue weighted by Gasteiger charge is 2.47. The van der Waals surface area contributed by atoms with Gasteiger partial charge in [0.05, 0.1) is 24.8 Å². The number of hydrogen-bond acceptors (Lipinski definition) is 5. The maximum atomic E-state index is 13.3. The van der Waals surface area contributed by atoms with Crippen LogP contribution in [0.2, 0.25) is 5.02 Å². The minimum absolute atomic E-state index is 0.00158. The molecule has 3 aromatic carbocycles. The zero-order chi connectivity index (χ0) is 24.2. The zero-order valence-corrected chi connectivity index (χ0v) is 19.6. The first-order chi connectivity index (χ1) is 16.4. The van der Waals surface area contributed by atoms with Crippen molar-refractivity contribution in [3.05, 3.63) is 94.5 Å². The molecule has 174 valence electrons. The lowest BCUT2D eigenvalue weighted by molar-refractivity contribution is -0.132. The number of anilines is 1. The highest BCUT2D eigenvalue weighted by molar-refractivity contribution is 6.51. The predicted octanol–water partition coefficient (Wildman–Crippen LogP) is 5.76. The van der Waals surface area contributed by atoms with Crippen LogP contribution in [0.15, 0.2) is 78.4 Å². The van der Waals surface area contributed by atoms with E-state index in [2.05, 4.69) is 0 Å². The topological polar surface area (TPSA) is 76.1 Å². The fraction of sp³-hybridized carbons (Fsp3) is 0.185. The first-order valence-corrected chi connectivity index (χ1v) is 11.3. The Labute approximate surface area is 203 Å². The summed E-state index contributed by atoms with van der Waals surface area (Å²) in [4.78, 5) is 27.9. The molecule has 1 N–H and O–H groups in total. The van der Waals surface area contributed by atoms with Gasteiger partial charge in [-0.15, -0.1) is 0 Å². The van der Waals surface area contributed by atoms with Crippen molar-refractivity contribution in [1.82, 2.24) is 0 Å². The van der Waals surface area contributed by atoms with Gasteiger partial charge in [-0.2, -0.15) is 0 Å². The molecule has 7 heteroatoms. The van der Waals surface area contributed by atoms with Crippen LogP contribution in [0.5, 0.6) is 11.5 Å². The molecule has 6 nitrogen and oxygen atoms in total. The number of ether oxygens (including phenoxy) is 2. The van der Waals surface area contributed by atoms with Gasteiger partial charge in [-0.1, -0.05) is 29.8 Å². The molecule has 1 amide bonds. The van der Waals surface area contributed by atoms with E-state index in [1.165, 1.54) is 4.90 Å². The van der Waals surface area contributed by atoms with Gasteiger partial charge in [0, 0.05) is 22.3 Å². The van der Waals surface area contributed by atoms with E-state index in [1.54, 1.807) is 72.8 Å². The van der Waals surface area contributed by atoms with Crippen molar-refractivity contribution in [2.24, 2.45) is 0 Å². The van der Waals surface area contributed by atoms with Crippen molar-refractivity contribution in [2.75, 3.05) is 18.1 Å². The fourth-order valence-corrected chi connectivity index (χ4v) is 4.11. The minimum Gasteiger partial charge on any atom is -0.507 e. The van der Waals surface area contributed by atoms with Crippen LogP contribution in [0.25, 0.3) is 5.76 Å². The molecule has 1 aliphatic rings. The molecule has 1 saturated heterocycles. The van der Waals surface area contributed by atoms with Crippen molar-refractivity contribution >= 4 is 34.7 Å². The van der Waals surface area contributed by atoms with E-state index in [4.69, 9.17) is 21.1 Å². The largest absolute Gasteiger partial charge is 0.507 e. The monoisotopic (exact) mass is 477 g/mol. The molecule has 1 aliphatic heterocycles. The van der Waals surface area contributed by atoms with Crippen molar-refractivity contribution < 1.29 is 24.2 Å². The summed E-state index contributed by atoms with van der Waals surface area (Å²) in [6, 6.07) is 19.7. The van der Waals surface area contributed by atoms with E-state index < -0.39 is 17.7 Å². The van der Waals surface area contributed by atoms with Crippen LogP contribution in [0, 0.1) is 0 Å². The van der Waals surface area contributed by atoms with Gasteiger partial charge < -0.3 is 14.6 Å². The lowest BCUT2D eigenvalue weighted by atomic mass is 9.95. The summed E-state index contributed by atoms with van der Waals surface area (Å²) in [7, 11) is 0. The molecule has 4 rings (SSSR count). The SMILES string of the molecule is CCOc1ccc(C2/C(=C(\O)c3ccc(Cl)cc3)C(=O)C(=O)N2c2cccc(OCC)c2)cc1. The molecule has 0 aromatic heterocycles. The van der Waals surface area contributed by atoms with Crippen molar-refractivity contribution in [1.29, 1.82) is 0 Å². The number of carbonyl (C=O) groups is 2. The number of halogens is 1. The van der Waals surface area contributed by atoms with Gasteiger partial charge in [-0.3, -0.25) is 14.5 Å². The van der Waals surface area contributed by atoms with Crippen molar-refractivity contribution in [3.63, 3.8) is 0 Å². The number of benzene rings is 3. The summed E-state index contributed by atoms with van der Waals surface area (Å²) in [5.41, 5.74) is 1.53. The van der Waals surface area contributed by atoms with Crippen LogP contribution >= 0.6 is 11.6 Å². The smallest absolute Gasteiger partial charge is 0.300 e. The highest BCUT2D eigenvalue weighted by atomic mass is 35.5. The number of Topliss-reactive ketones (excluding diaryl/α,β-unsaturated/α-hetero) is 1. The van der Waals surface area contributed by atoms with Gasteiger partial charge in [-0.25, -0.2) is 0 Å². The van der Waals surface area contributed by atoms with E-state index >= 15 is 0 Å². The molecule has 3 aromatic rings. The first-order valence-electron chi connectivity index (χ1n) is 11.0. The van der Waals surface area contributed by atoms with Crippen LogP contribution in [0.4, 0.5) is 5.69 Å². The van der Waals surface area contributed by atoms with E-state index in [1.807, 2.05) is 13.8 Å². The number of aliphatic hydroxyl groups excluding tert-OH is 1. The number of ketones is 1. The lowest BCUT2D eigenvalue weighted by Gasteiger charge is -2.26. The Morgan fingerprint density at radius 1 is 0.912 bits per heavy atom. The average molecular weight is 478 g/mol. The van der Waals surface area contributed by atoms with Crippen LogP contribution in [-0.4, -0.2) is 30.0 Å². The summed E-state index contributed by atoms with van der Waals surface area (Å²) in [5.74, 6) is -0.530. The number of nitrogens with zero attached hydrogens (tertiary/aromatic N) is 1. The van der Waals surface area contributed by atoms with Crippen molar-refractivity contribution in [2.45, 2.75) is 19.9 Å². The molecule has 0 spiro atoms. The standard InChI is InChI=1S/C27H24ClNO5/c1-3-33-21-14-10-17(11-15-21)24-23(25(30)18-8-12-19(28)13-9-18)26(31)27(32)29(24)20-6-5-7-22(16-20)34-4-2/h5-16,24,30H,3-4H2,1-2H3/b25-23+. The number of aliphatic hydroxyl groups is 1. The van der Waals surface area contributed by atoms with Crippen LogP contribution in [-0.2, 0) is 9.59 Å². The van der Waals surface area contributed by atoms with E-state index in [0.29, 0.717) is 46.5 Å². The molecule has 34 heavy (non-hydrogen) atoms. The lowest BCUT2D eigenvalue weighted by Crippen LogP contribution is -2.29. The number of amides is 1. The Bertz CT molecular complexity index is 1230. The summed E-state index contributed by atoms with van der Waals surface area (Å²) in [6.07, 6.45) is 0. The van der Waals surface area contributed by atoms with Crippen LogP contribution < -0.4 is 14.4 Å². The van der Waals surface area contributed by atoms with Gasteiger partial charge in [0.1, 0.15) is 17.3 Å². The second-order valence-corrected chi connectivity index (χ2v) is 8.04. The van der Waals surface area contributed by atoms with Gasteiger partial charge in [0.2, 0.25) is 0 Å². The summed E-state index contributed by atoms with van der Waals surface area (Å²) in [6.45, 7) is 4.73. The molecular weight excluding hydrogens is 454 g/mol. The molecule has 0 radical (unpaired) electrons. The number of hydrogen-bond donors (Lipinski definition) is 1. The Balaban J connectivity index is 1.89. The van der Waals surface area contributed by atoms with E-state index in [0.717, 1.165) is 0 Å². The van der Waals surface area contributed by atoms with Gasteiger partial charge in [0.15, 0.2) is 0 Å². The Hall–Kier alpha value is -3.77. The highest BCUT2D eigenvalue weighted by Crippen LogP contribution is 2.43. The number of carbonyl (C=O) groups excluding carboxylic acids is 2. The molecule has 0 aliphatic carbocycles. The third kappa shape index (κ3) is 4.50. The molecular formula is C27H24ClNO5. The molecule has 1 fully saturated rings. The van der Waals surface area contributed by atoms with E-state index in [-0.39, 0.29) is 11.3 Å². The Morgan fingerprint density at radius 3 is 2.21 bits per heavy atom. The van der Waals surface area contributed by atoms with E-state index in [9.17, 15) is 14.7 Å². The fourth-order valence-electron chi connectivity index (χ4n) is 3.98. The normalized spacial score (nSPS) is 17.1. The maximum absolute atomic E-state index is 13.3. The second-order valence-electron chi connectivity index (χ2n) is 7.61. The Morgan fingerprint density at radius 2 is 1.56 bits per heavy atom. The Kier molecular flexibility index (Phi) is 6.89. The van der Waals surface area contributed by atoms with Crippen LogP contribution in [0.1, 0.15) is 31.0 Å². The average Bonchev–Trinajstić information content (AvgIpc) is 3.11. The molecule has 1 atom stereocenters. The molecule has 0 bridgehead atoms. The molecule has 0 saturated carbocycles. The molecule has 1 unspecified atom stereocenters. The predicted molar refractivity (Wildman–Crippen MR) is 131 cm³/mol. The maximum Gasteiger partial charge on any atom is 0.300 e. The quantitative estimate of drug-likeness (QED) is 0.266. The number of rotatable bonds is 7. The third-order valence-electron chi connectivity index (χ3n) is 5.48. The minimum atomic E-state index is -0.844. The zero-order valence-electron chi connectivity index (χ0n) is 18.8. The van der Waals surface area contributed by atoms with Gasteiger partial charge in [-0.05, 0) is 67.9 Å². The summed E-state index contributed by atoms with van der Waals surface area (Å²) >= 11 is 5.99. The second kappa shape index (κ2) is 10.0.